The van der Waals surface area contributed by atoms with E-state index < -0.39 is 18.9 Å². The summed E-state index contributed by atoms with van der Waals surface area (Å²) in [6.45, 7) is -0.807. The van der Waals surface area contributed by atoms with E-state index in [0.717, 1.165) is 0 Å². The molecule has 0 saturated carbocycles. The summed E-state index contributed by atoms with van der Waals surface area (Å²) in [6, 6.07) is 8.20. The molecule has 0 aliphatic rings. The highest BCUT2D eigenvalue weighted by atomic mass is 19.3. The average molecular weight is 201 g/mol. The van der Waals surface area contributed by atoms with Crippen molar-refractivity contribution < 1.29 is 18.4 Å². The van der Waals surface area contributed by atoms with Gasteiger partial charge in [0.25, 0.3) is 12.3 Å². The Morgan fingerprint density at radius 1 is 1.36 bits per heavy atom. The van der Waals surface area contributed by atoms with Gasteiger partial charge in [-0.15, -0.1) is 0 Å². The average Bonchev–Trinajstić information content (AvgIpc) is 2.18. The molecule has 0 heterocycles. The molecular weight excluding hydrogens is 192 g/mol. The van der Waals surface area contributed by atoms with Gasteiger partial charge >= 0.3 is 0 Å². The molecule has 5 heteroatoms. The zero-order valence-electron chi connectivity index (χ0n) is 7.24. The highest BCUT2D eigenvalue weighted by molar-refractivity contribution is 5.93. The topological polar surface area (TPSA) is 38.3 Å². The summed E-state index contributed by atoms with van der Waals surface area (Å²) in [6.07, 6.45) is -2.59. The van der Waals surface area contributed by atoms with Crippen LogP contribution >= 0.6 is 0 Å². The number of carbonyl (C=O) groups is 1. The van der Waals surface area contributed by atoms with Crippen molar-refractivity contribution in [2.45, 2.75) is 6.43 Å². The van der Waals surface area contributed by atoms with Crippen LogP contribution in [0, 0.1) is 0 Å². The number of halogens is 2. The smallest absolute Gasteiger partial charge is 0.267 e. The Morgan fingerprint density at radius 2 is 2.00 bits per heavy atom. The van der Waals surface area contributed by atoms with Gasteiger partial charge in [0.1, 0.15) is 6.61 Å². The van der Waals surface area contributed by atoms with E-state index in [1.165, 1.54) is 0 Å². The van der Waals surface area contributed by atoms with Crippen LogP contribution in [0.15, 0.2) is 30.3 Å². The number of hydrogen-bond acceptors (Lipinski definition) is 2. The summed E-state index contributed by atoms with van der Waals surface area (Å²) >= 11 is 0. The summed E-state index contributed by atoms with van der Waals surface area (Å²) < 4.78 is 23.2. The molecule has 0 aliphatic heterocycles. The number of alkyl halides is 2. The summed E-state index contributed by atoms with van der Waals surface area (Å²) in [4.78, 5) is 15.4. The summed E-state index contributed by atoms with van der Waals surface area (Å²) in [7, 11) is 0. The maximum atomic E-state index is 11.6. The van der Waals surface area contributed by atoms with Gasteiger partial charge in [0.15, 0.2) is 0 Å². The minimum absolute atomic E-state index is 0.363. The second-order valence-corrected chi connectivity index (χ2v) is 2.50. The SMILES string of the molecule is O=C(NOCC(F)F)c1ccccc1. The number of nitrogens with one attached hydrogen (secondary N) is 1. The molecule has 0 radical (unpaired) electrons. The first-order valence-electron chi connectivity index (χ1n) is 3.95. The fraction of sp³-hybridized carbons (Fsp3) is 0.222. The molecule has 1 aromatic carbocycles. The Morgan fingerprint density at radius 3 is 2.57 bits per heavy atom. The summed E-state index contributed by atoms with van der Waals surface area (Å²) in [5, 5.41) is 0. The van der Waals surface area contributed by atoms with E-state index in [-0.39, 0.29) is 0 Å². The quantitative estimate of drug-likeness (QED) is 0.751. The molecule has 0 atom stereocenters. The molecule has 0 saturated heterocycles. The maximum absolute atomic E-state index is 11.6. The van der Waals surface area contributed by atoms with Gasteiger partial charge in [-0.3, -0.25) is 9.63 Å². The minimum Gasteiger partial charge on any atom is -0.267 e. The lowest BCUT2D eigenvalue weighted by Gasteiger charge is -2.04. The zero-order chi connectivity index (χ0) is 10.4. The lowest BCUT2D eigenvalue weighted by Crippen LogP contribution is -2.26. The van der Waals surface area contributed by atoms with Crippen molar-refractivity contribution in [3.8, 4) is 0 Å². The molecule has 0 aromatic heterocycles. The zero-order valence-corrected chi connectivity index (χ0v) is 7.24. The van der Waals surface area contributed by atoms with Crippen molar-refractivity contribution in [3.63, 3.8) is 0 Å². The molecule has 1 aromatic rings. The molecule has 1 N–H and O–H groups in total. The van der Waals surface area contributed by atoms with Crippen LogP contribution in [0.2, 0.25) is 0 Å². The van der Waals surface area contributed by atoms with Gasteiger partial charge in [-0.2, -0.15) is 0 Å². The summed E-state index contributed by atoms with van der Waals surface area (Å²) in [5.74, 6) is -0.536. The van der Waals surface area contributed by atoms with Crippen molar-refractivity contribution in [2.75, 3.05) is 6.61 Å². The van der Waals surface area contributed by atoms with Crippen molar-refractivity contribution in [2.24, 2.45) is 0 Å². The first-order valence-corrected chi connectivity index (χ1v) is 3.95. The molecule has 3 nitrogen and oxygen atoms in total. The first-order chi connectivity index (χ1) is 6.70. The highest BCUT2D eigenvalue weighted by Crippen LogP contribution is 1.98. The van der Waals surface area contributed by atoms with Crippen LogP contribution < -0.4 is 5.48 Å². The van der Waals surface area contributed by atoms with Crippen LogP contribution in [0.25, 0.3) is 0 Å². The molecular formula is C9H9F2NO2. The van der Waals surface area contributed by atoms with Gasteiger partial charge in [-0.05, 0) is 12.1 Å². The second-order valence-electron chi connectivity index (χ2n) is 2.50. The van der Waals surface area contributed by atoms with Crippen LogP contribution in [0.5, 0.6) is 0 Å². The number of carbonyl (C=O) groups excluding carboxylic acids is 1. The van der Waals surface area contributed by atoms with Gasteiger partial charge in [-0.1, -0.05) is 18.2 Å². The maximum Gasteiger partial charge on any atom is 0.274 e. The fourth-order valence-corrected chi connectivity index (χ4v) is 0.819. The van der Waals surface area contributed by atoms with Crippen LogP contribution in [-0.2, 0) is 4.84 Å². The van der Waals surface area contributed by atoms with Crippen LogP contribution in [0.1, 0.15) is 10.4 Å². The lowest BCUT2D eigenvalue weighted by atomic mass is 10.2. The van der Waals surface area contributed by atoms with Crippen LogP contribution in [0.3, 0.4) is 0 Å². The highest BCUT2D eigenvalue weighted by Gasteiger charge is 2.06. The van der Waals surface area contributed by atoms with Gasteiger partial charge in [0, 0.05) is 5.56 Å². The van der Waals surface area contributed by atoms with E-state index in [1.807, 2.05) is 5.48 Å². The van der Waals surface area contributed by atoms with Crippen molar-refractivity contribution in [1.29, 1.82) is 0 Å². The molecule has 0 fully saturated rings. The van der Waals surface area contributed by atoms with Crippen LogP contribution in [0.4, 0.5) is 8.78 Å². The third-order valence-electron chi connectivity index (χ3n) is 1.41. The van der Waals surface area contributed by atoms with Gasteiger partial charge in [-0.25, -0.2) is 14.3 Å². The van der Waals surface area contributed by atoms with Crippen molar-refractivity contribution in [1.82, 2.24) is 5.48 Å². The largest absolute Gasteiger partial charge is 0.274 e. The molecule has 1 rings (SSSR count). The number of rotatable bonds is 4. The van der Waals surface area contributed by atoms with Gasteiger partial charge < -0.3 is 0 Å². The predicted molar refractivity (Wildman–Crippen MR) is 45.9 cm³/mol. The standard InChI is InChI=1S/C9H9F2NO2/c10-8(11)6-14-12-9(13)7-4-2-1-3-5-7/h1-5,8H,6H2,(H,12,13). The third kappa shape index (κ3) is 3.49. The van der Waals surface area contributed by atoms with E-state index >= 15 is 0 Å². The van der Waals surface area contributed by atoms with Crippen LogP contribution in [-0.4, -0.2) is 18.9 Å². The lowest BCUT2D eigenvalue weighted by molar-refractivity contribution is -0.0252. The molecule has 0 aliphatic carbocycles. The second kappa shape index (κ2) is 5.29. The number of benzene rings is 1. The molecule has 76 valence electrons. The molecule has 0 unspecified atom stereocenters. The number of hydrogen-bond donors (Lipinski definition) is 1. The Bertz CT molecular complexity index is 290. The van der Waals surface area contributed by atoms with E-state index in [0.29, 0.717) is 5.56 Å². The molecule has 1 amide bonds. The van der Waals surface area contributed by atoms with Gasteiger partial charge in [0.2, 0.25) is 0 Å². The summed E-state index contributed by atoms with van der Waals surface area (Å²) in [5.41, 5.74) is 2.27. The molecule has 0 spiro atoms. The van der Waals surface area contributed by atoms with Gasteiger partial charge in [0.05, 0.1) is 0 Å². The van der Waals surface area contributed by atoms with E-state index in [2.05, 4.69) is 4.84 Å². The number of hydroxylamine groups is 1. The molecule has 0 bridgehead atoms. The van der Waals surface area contributed by atoms with E-state index in [9.17, 15) is 13.6 Å². The third-order valence-corrected chi connectivity index (χ3v) is 1.41. The molecule has 14 heavy (non-hydrogen) atoms. The Kier molecular flexibility index (Phi) is 4.00. The minimum atomic E-state index is -2.59. The van der Waals surface area contributed by atoms with Crippen molar-refractivity contribution >= 4 is 5.91 Å². The van der Waals surface area contributed by atoms with Crippen molar-refractivity contribution in [3.05, 3.63) is 35.9 Å². The Labute approximate surface area is 79.6 Å². The normalized spacial score (nSPS) is 10.2. The number of amides is 1. The Balaban J connectivity index is 2.36. The van der Waals surface area contributed by atoms with E-state index in [1.54, 1.807) is 30.3 Å². The van der Waals surface area contributed by atoms with E-state index in [4.69, 9.17) is 0 Å². The fourth-order valence-electron chi connectivity index (χ4n) is 0.819. The first kappa shape index (κ1) is 10.6. The predicted octanol–water partition coefficient (Wildman–Crippen LogP) is 1.61. The monoisotopic (exact) mass is 201 g/mol. The Hall–Kier alpha value is -1.49.